The maximum atomic E-state index is 13.3. The largest absolute Gasteiger partial charge is 0.489 e. The van der Waals surface area contributed by atoms with Gasteiger partial charge in [-0.25, -0.2) is 4.39 Å². The molecule has 0 spiro atoms. The van der Waals surface area contributed by atoms with E-state index in [1.807, 2.05) is 0 Å². The maximum Gasteiger partial charge on any atom is 0.173 e. The Balaban J connectivity index is 1.71. The van der Waals surface area contributed by atoms with Crippen molar-refractivity contribution in [3.8, 4) is 5.75 Å². The summed E-state index contributed by atoms with van der Waals surface area (Å²) in [6.07, 6.45) is 3.42. The third-order valence-electron chi connectivity index (χ3n) is 2.50. The fourth-order valence-corrected chi connectivity index (χ4v) is 1.68. The first-order valence-electron chi connectivity index (χ1n) is 5.57. The minimum absolute atomic E-state index is 0.163. The van der Waals surface area contributed by atoms with E-state index >= 15 is 0 Å². The smallest absolute Gasteiger partial charge is 0.173 e. The molecule has 0 bridgehead atoms. The molecule has 0 aliphatic heterocycles. The van der Waals surface area contributed by atoms with Crippen molar-refractivity contribution in [1.29, 1.82) is 0 Å². The summed E-state index contributed by atoms with van der Waals surface area (Å²) in [5, 5.41) is 3.69. The number of hydrogen-bond acceptors (Lipinski definition) is 2. The summed E-state index contributed by atoms with van der Waals surface area (Å²) in [4.78, 5) is 0. The Labute approximate surface area is 99.7 Å². The molecule has 1 aromatic carbocycles. The van der Waals surface area contributed by atoms with Crippen molar-refractivity contribution in [2.24, 2.45) is 0 Å². The van der Waals surface area contributed by atoms with Crippen molar-refractivity contribution in [3.05, 3.63) is 29.0 Å². The van der Waals surface area contributed by atoms with Crippen LogP contribution in [0.1, 0.15) is 19.3 Å². The van der Waals surface area contributed by atoms with Gasteiger partial charge in [0.05, 0.1) is 11.6 Å². The van der Waals surface area contributed by atoms with Crippen molar-refractivity contribution >= 4 is 11.6 Å². The Morgan fingerprint density at radius 1 is 1.44 bits per heavy atom. The summed E-state index contributed by atoms with van der Waals surface area (Å²) in [6, 6.07) is 5.25. The summed E-state index contributed by atoms with van der Waals surface area (Å²) >= 11 is 5.82. The van der Waals surface area contributed by atoms with Gasteiger partial charge in [0, 0.05) is 6.04 Å². The molecule has 2 rings (SSSR count). The molecule has 4 heteroatoms. The minimum atomic E-state index is -0.400. The highest BCUT2D eigenvalue weighted by molar-refractivity contribution is 6.32. The highest BCUT2D eigenvalue weighted by atomic mass is 35.5. The topological polar surface area (TPSA) is 21.3 Å². The van der Waals surface area contributed by atoms with Gasteiger partial charge in [-0.2, -0.15) is 0 Å². The number of halogens is 2. The van der Waals surface area contributed by atoms with E-state index in [1.165, 1.54) is 18.9 Å². The molecule has 88 valence electrons. The molecular formula is C12H15ClFNO. The Kier molecular flexibility index (Phi) is 4.02. The van der Waals surface area contributed by atoms with Gasteiger partial charge < -0.3 is 10.1 Å². The summed E-state index contributed by atoms with van der Waals surface area (Å²) in [5.41, 5.74) is 0. The van der Waals surface area contributed by atoms with Gasteiger partial charge in [0.2, 0.25) is 0 Å². The second-order valence-corrected chi connectivity index (χ2v) is 4.39. The molecule has 1 N–H and O–H groups in total. The van der Waals surface area contributed by atoms with Crippen LogP contribution in [0.3, 0.4) is 0 Å². The van der Waals surface area contributed by atoms with E-state index < -0.39 is 5.82 Å². The molecule has 1 fully saturated rings. The maximum absolute atomic E-state index is 13.3. The van der Waals surface area contributed by atoms with Crippen LogP contribution in [0.25, 0.3) is 0 Å². The van der Waals surface area contributed by atoms with Gasteiger partial charge in [0.1, 0.15) is 0 Å². The van der Waals surface area contributed by atoms with Crippen molar-refractivity contribution in [2.45, 2.75) is 25.3 Å². The first-order valence-corrected chi connectivity index (χ1v) is 5.95. The van der Waals surface area contributed by atoms with Crippen molar-refractivity contribution in [1.82, 2.24) is 5.32 Å². The van der Waals surface area contributed by atoms with Crippen LogP contribution in [0.5, 0.6) is 5.75 Å². The number of nitrogens with one attached hydrogen (secondary N) is 1. The molecule has 0 unspecified atom stereocenters. The lowest BCUT2D eigenvalue weighted by Gasteiger charge is -2.08. The predicted octanol–water partition coefficient (Wildman–Crippen LogP) is 3.00. The average Bonchev–Trinajstić information content (AvgIpc) is 3.05. The molecule has 0 amide bonds. The number of rotatable bonds is 6. The minimum Gasteiger partial charge on any atom is -0.489 e. The summed E-state index contributed by atoms with van der Waals surface area (Å²) in [5.74, 6) is -0.238. The van der Waals surface area contributed by atoms with Crippen LogP contribution in [-0.4, -0.2) is 19.2 Å². The Morgan fingerprint density at radius 2 is 2.25 bits per heavy atom. The van der Waals surface area contributed by atoms with Crippen LogP contribution in [0.4, 0.5) is 4.39 Å². The van der Waals surface area contributed by atoms with Crippen molar-refractivity contribution in [3.63, 3.8) is 0 Å². The van der Waals surface area contributed by atoms with Crippen LogP contribution < -0.4 is 10.1 Å². The number of hydrogen-bond donors (Lipinski definition) is 1. The van der Waals surface area contributed by atoms with E-state index in [9.17, 15) is 4.39 Å². The molecule has 1 aliphatic rings. The van der Waals surface area contributed by atoms with Crippen molar-refractivity contribution in [2.75, 3.05) is 13.2 Å². The third-order valence-corrected chi connectivity index (χ3v) is 2.79. The Bertz CT molecular complexity index is 335. The molecule has 0 heterocycles. The second-order valence-electron chi connectivity index (χ2n) is 3.98. The van der Waals surface area contributed by atoms with Crippen LogP contribution in [0.15, 0.2) is 18.2 Å². The molecule has 1 aliphatic carbocycles. The molecular weight excluding hydrogens is 229 g/mol. The number of para-hydroxylation sites is 1. The molecule has 0 atom stereocenters. The first kappa shape index (κ1) is 11.7. The van der Waals surface area contributed by atoms with Crippen LogP contribution in [0, 0.1) is 5.82 Å². The zero-order valence-corrected chi connectivity index (χ0v) is 9.77. The normalized spacial score (nSPS) is 15.1. The monoisotopic (exact) mass is 243 g/mol. The summed E-state index contributed by atoms with van der Waals surface area (Å²) in [7, 11) is 0. The third kappa shape index (κ3) is 3.35. The van der Waals surface area contributed by atoms with Crippen LogP contribution in [-0.2, 0) is 0 Å². The van der Waals surface area contributed by atoms with E-state index in [2.05, 4.69) is 5.32 Å². The van der Waals surface area contributed by atoms with Crippen LogP contribution >= 0.6 is 11.6 Å². The van der Waals surface area contributed by atoms with Gasteiger partial charge in [0.25, 0.3) is 0 Å². The van der Waals surface area contributed by atoms with Gasteiger partial charge in [0.15, 0.2) is 11.6 Å². The van der Waals surface area contributed by atoms with Gasteiger partial charge >= 0.3 is 0 Å². The fraction of sp³-hybridized carbons (Fsp3) is 0.500. The fourth-order valence-electron chi connectivity index (χ4n) is 1.46. The number of benzene rings is 1. The molecule has 1 aromatic rings. The average molecular weight is 244 g/mol. The SMILES string of the molecule is Fc1cccc(Cl)c1OCCCNC1CC1. The van der Waals surface area contributed by atoms with E-state index in [0.717, 1.165) is 13.0 Å². The predicted molar refractivity (Wildman–Crippen MR) is 62.5 cm³/mol. The first-order chi connectivity index (χ1) is 7.77. The zero-order valence-electron chi connectivity index (χ0n) is 9.01. The quantitative estimate of drug-likeness (QED) is 0.776. The molecule has 0 radical (unpaired) electrons. The van der Waals surface area contributed by atoms with Gasteiger partial charge in [-0.3, -0.25) is 0 Å². The lowest BCUT2D eigenvalue weighted by atomic mass is 10.3. The van der Waals surface area contributed by atoms with Gasteiger partial charge in [-0.15, -0.1) is 0 Å². The molecule has 2 nitrogen and oxygen atoms in total. The van der Waals surface area contributed by atoms with E-state index in [4.69, 9.17) is 16.3 Å². The van der Waals surface area contributed by atoms with E-state index in [-0.39, 0.29) is 5.75 Å². The Hall–Kier alpha value is -0.800. The second kappa shape index (κ2) is 5.51. The Morgan fingerprint density at radius 3 is 2.94 bits per heavy atom. The molecule has 0 saturated heterocycles. The molecule has 1 saturated carbocycles. The van der Waals surface area contributed by atoms with Crippen molar-refractivity contribution < 1.29 is 9.13 Å². The summed E-state index contributed by atoms with van der Waals surface area (Å²) < 4.78 is 18.6. The van der Waals surface area contributed by atoms with E-state index in [1.54, 1.807) is 12.1 Å². The zero-order chi connectivity index (χ0) is 11.4. The molecule has 16 heavy (non-hydrogen) atoms. The lowest BCUT2D eigenvalue weighted by molar-refractivity contribution is 0.293. The van der Waals surface area contributed by atoms with Crippen LogP contribution in [0.2, 0.25) is 5.02 Å². The highest BCUT2D eigenvalue weighted by Gasteiger charge is 2.19. The molecule has 0 aromatic heterocycles. The standard InChI is InChI=1S/C12H15ClFNO/c13-10-3-1-4-11(14)12(10)16-8-2-7-15-9-5-6-9/h1,3-4,9,15H,2,5-8H2. The summed E-state index contributed by atoms with van der Waals surface area (Å²) in [6.45, 7) is 1.40. The van der Waals surface area contributed by atoms with Gasteiger partial charge in [-0.1, -0.05) is 17.7 Å². The van der Waals surface area contributed by atoms with E-state index in [0.29, 0.717) is 17.7 Å². The lowest BCUT2D eigenvalue weighted by Crippen LogP contribution is -2.19. The highest BCUT2D eigenvalue weighted by Crippen LogP contribution is 2.27. The number of ether oxygens (including phenoxy) is 1. The van der Waals surface area contributed by atoms with Gasteiger partial charge in [-0.05, 0) is 37.9 Å².